The molecule has 2 rings (SSSR count). The van der Waals surface area contributed by atoms with Crippen molar-refractivity contribution in [3.05, 3.63) is 12.7 Å². The van der Waals surface area contributed by atoms with Gasteiger partial charge in [-0.05, 0) is 98.3 Å². The van der Waals surface area contributed by atoms with Crippen LogP contribution in [-0.4, -0.2) is 22.4 Å². The van der Waals surface area contributed by atoms with Crippen molar-refractivity contribution >= 4 is 0 Å². The van der Waals surface area contributed by atoms with E-state index in [-0.39, 0.29) is 22.4 Å². The molecule has 0 aliphatic carbocycles. The first kappa shape index (κ1) is 31.7. The van der Waals surface area contributed by atoms with Gasteiger partial charge < -0.3 is 9.47 Å². The van der Waals surface area contributed by atoms with E-state index in [1.165, 1.54) is 51.4 Å². The molecule has 0 N–H and O–H groups in total. The Kier molecular flexibility index (Phi) is 14.0. The molecule has 2 heteroatoms. The average molecular weight is 453 g/mol. The largest absolute Gasteiger partial charge is 0.369 e. The van der Waals surface area contributed by atoms with Crippen LogP contribution in [-0.2, 0) is 9.47 Å². The van der Waals surface area contributed by atoms with Crippen molar-refractivity contribution in [1.82, 2.24) is 0 Å². The molecular weight excluding hydrogens is 392 g/mol. The fraction of sp³-hybridized carbons (Fsp3) is 0.933. The standard InChI is InChI=1S/C10H20O.C10H18O.C10H22/c2*1-5-10(4)8-6-7-9(2,3)11-10;1-5-10(4)8-6-7-9(2)3/h5-8H2,1-4H3;5H,1,6-8H2,2-4H3;9-10H,5-8H2,1-4H3. The minimum atomic E-state index is -0.0816. The topological polar surface area (TPSA) is 18.5 Å². The maximum Gasteiger partial charge on any atom is 0.0839 e. The Morgan fingerprint density at radius 2 is 1.31 bits per heavy atom. The summed E-state index contributed by atoms with van der Waals surface area (Å²) in [6.45, 7) is 28.3. The van der Waals surface area contributed by atoms with Crippen LogP contribution in [0.3, 0.4) is 0 Å². The first-order valence-corrected chi connectivity index (χ1v) is 13.7. The van der Waals surface area contributed by atoms with E-state index in [1.54, 1.807) is 0 Å². The molecule has 2 heterocycles. The molecule has 3 unspecified atom stereocenters. The number of rotatable bonds is 7. The smallest absolute Gasteiger partial charge is 0.0839 e. The van der Waals surface area contributed by atoms with Crippen LogP contribution in [0.4, 0.5) is 0 Å². The summed E-state index contributed by atoms with van der Waals surface area (Å²) in [5.74, 6) is 1.84. The van der Waals surface area contributed by atoms with Crippen LogP contribution >= 0.6 is 0 Å². The fourth-order valence-corrected chi connectivity index (χ4v) is 4.73. The Morgan fingerprint density at radius 1 is 0.781 bits per heavy atom. The third-order valence-electron chi connectivity index (χ3n) is 7.32. The van der Waals surface area contributed by atoms with E-state index in [4.69, 9.17) is 9.47 Å². The van der Waals surface area contributed by atoms with Crippen molar-refractivity contribution in [3.63, 3.8) is 0 Å². The van der Waals surface area contributed by atoms with Gasteiger partial charge in [-0.25, -0.2) is 0 Å². The minimum absolute atomic E-state index is 0.0428. The van der Waals surface area contributed by atoms with Crippen LogP contribution in [0.15, 0.2) is 12.7 Å². The van der Waals surface area contributed by atoms with Gasteiger partial charge in [0.1, 0.15) is 0 Å². The van der Waals surface area contributed by atoms with E-state index in [2.05, 4.69) is 82.7 Å². The van der Waals surface area contributed by atoms with Crippen molar-refractivity contribution in [2.75, 3.05) is 0 Å². The second-order valence-corrected chi connectivity index (χ2v) is 12.6. The molecule has 2 fully saturated rings. The summed E-state index contributed by atoms with van der Waals surface area (Å²) in [6, 6.07) is 0. The normalized spacial score (nSPS) is 29.8. The van der Waals surface area contributed by atoms with Crippen LogP contribution in [0.25, 0.3) is 0 Å². The Bertz CT molecular complexity index is 507. The van der Waals surface area contributed by atoms with E-state index in [9.17, 15) is 0 Å². The van der Waals surface area contributed by atoms with Gasteiger partial charge in [0.25, 0.3) is 0 Å². The summed E-state index contributed by atoms with van der Waals surface area (Å²) in [5, 5.41) is 0. The molecule has 3 atom stereocenters. The van der Waals surface area contributed by atoms with E-state index in [1.807, 2.05) is 6.08 Å². The number of hydrogen-bond acceptors (Lipinski definition) is 2. The van der Waals surface area contributed by atoms with Crippen molar-refractivity contribution in [3.8, 4) is 0 Å². The summed E-state index contributed by atoms with van der Waals surface area (Å²) < 4.78 is 11.9. The fourth-order valence-electron chi connectivity index (χ4n) is 4.73. The van der Waals surface area contributed by atoms with E-state index < -0.39 is 0 Å². The van der Waals surface area contributed by atoms with Gasteiger partial charge in [-0.1, -0.05) is 66.4 Å². The molecule has 0 bridgehead atoms. The lowest BCUT2D eigenvalue weighted by Gasteiger charge is -2.43. The van der Waals surface area contributed by atoms with Crippen molar-refractivity contribution < 1.29 is 9.47 Å². The van der Waals surface area contributed by atoms with E-state index >= 15 is 0 Å². The lowest BCUT2D eigenvalue weighted by Crippen LogP contribution is -2.42. The monoisotopic (exact) mass is 452 g/mol. The molecule has 0 aromatic heterocycles. The summed E-state index contributed by atoms with van der Waals surface area (Å²) in [4.78, 5) is 0. The first-order valence-electron chi connectivity index (χ1n) is 13.7. The zero-order valence-corrected chi connectivity index (χ0v) is 24.0. The molecule has 0 amide bonds. The lowest BCUT2D eigenvalue weighted by molar-refractivity contribution is -0.165. The van der Waals surface area contributed by atoms with Gasteiger partial charge in [0.05, 0.1) is 22.4 Å². The van der Waals surface area contributed by atoms with E-state index in [0.717, 1.165) is 31.1 Å². The quantitative estimate of drug-likeness (QED) is 0.358. The summed E-state index contributed by atoms with van der Waals surface area (Å²) in [5.41, 5.74) is 0.230. The van der Waals surface area contributed by atoms with Gasteiger partial charge in [0.2, 0.25) is 0 Å². The second-order valence-electron chi connectivity index (χ2n) is 12.6. The predicted octanol–water partition coefficient (Wildman–Crippen LogP) is 9.90. The molecule has 192 valence electrons. The van der Waals surface area contributed by atoms with Crippen molar-refractivity contribution in [2.45, 2.75) is 169 Å². The highest BCUT2D eigenvalue weighted by atomic mass is 16.5. The molecule has 2 nitrogen and oxygen atoms in total. The molecule has 2 aliphatic heterocycles. The van der Waals surface area contributed by atoms with Gasteiger partial charge in [-0.2, -0.15) is 0 Å². The summed E-state index contributed by atoms with van der Waals surface area (Å²) in [7, 11) is 0. The van der Waals surface area contributed by atoms with Crippen LogP contribution in [0.5, 0.6) is 0 Å². The second kappa shape index (κ2) is 14.1. The highest BCUT2D eigenvalue weighted by Gasteiger charge is 2.36. The zero-order chi connectivity index (χ0) is 25.1. The Morgan fingerprint density at radius 3 is 1.66 bits per heavy atom. The van der Waals surface area contributed by atoms with Crippen molar-refractivity contribution in [2.24, 2.45) is 11.8 Å². The number of hydrogen-bond donors (Lipinski definition) is 0. The Labute approximate surface area is 203 Å². The molecule has 32 heavy (non-hydrogen) atoms. The molecule has 2 saturated heterocycles. The van der Waals surface area contributed by atoms with Gasteiger partial charge in [-0.15, -0.1) is 6.58 Å². The summed E-state index contributed by atoms with van der Waals surface area (Å²) >= 11 is 0. The maximum atomic E-state index is 6.01. The SMILES string of the molecule is C=CC1(C)CCCC(C)(C)O1.CCC(C)CCCC(C)C.CCC1(C)CCCC(C)(C)O1. The van der Waals surface area contributed by atoms with Gasteiger partial charge in [-0.3, -0.25) is 0 Å². The maximum absolute atomic E-state index is 6.01. The van der Waals surface area contributed by atoms with E-state index in [0.29, 0.717) is 0 Å². The van der Waals surface area contributed by atoms with Gasteiger partial charge in [0.15, 0.2) is 0 Å². The molecule has 0 aromatic rings. The Balaban J connectivity index is 0.000000452. The molecule has 0 aromatic carbocycles. The lowest BCUT2D eigenvalue weighted by atomic mass is 9.86. The average Bonchev–Trinajstić information content (AvgIpc) is 2.66. The van der Waals surface area contributed by atoms with Gasteiger partial charge >= 0.3 is 0 Å². The molecule has 0 radical (unpaired) electrons. The minimum Gasteiger partial charge on any atom is -0.369 e. The highest BCUT2D eigenvalue weighted by molar-refractivity contribution is 4.98. The zero-order valence-electron chi connectivity index (χ0n) is 24.0. The molecule has 2 aliphatic rings. The van der Waals surface area contributed by atoms with Crippen LogP contribution in [0.2, 0.25) is 0 Å². The third kappa shape index (κ3) is 14.0. The highest BCUT2D eigenvalue weighted by Crippen LogP contribution is 2.37. The summed E-state index contributed by atoms with van der Waals surface area (Å²) in [6.07, 6.45) is 15.9. The van der Waals surface area contributed by atoms with Crippen molar-refractivity contribution in [1.29, 1.82) is 0 Å². The van der Waals surface area contributed by atoms with Gasteiger partial charge in [0, 0.05) is 0 Å². The first-order chi connectivity index (χ1) is 14.6. The third-order valence-corrected chi connectivity index (χ3v) is 7.32. The number of ether oxygens (including phenoxy) is 2. The molecular formula is C30H60O2. The molecule has 0 spiro atoms. The van der Waals surface area contributed by atoms with Crippen LogP contribution < -0.4 is 0 Å². The predicted molar refractivity (Wildman–Crippen MR) is 143 cm³/mol. The van der Waals surface area contributed by atoms with Crippen LogP contribution in [0.1, 0.15) is 147 Å². The molecule has 0 saturated carbocycles. The Hall–Kier alpha value is -0.340. The van der Waals surface area contributed by atoms with Crippen LogP contribution in [0, 0.1) is 11.8 Å².